The van der Waals surface area contributed by atoms with Crippen molar-refractivity contribution in [2.45, 2.75) is 19.8 Å². The van der Waals surface area contributed by atoms with Crippen LogP contribution in [0, 0.1) is 5.82 Å². The van der Waals surface area contributed by atoms with Crippen LogP contribution in [0.3, 0.4) is 0 Å². The summed E-state index contributed by atoms with van der Waals surface area (Å²) in [6, 6.07) is 11.6. The summed E-state index contributed by atoms with van der Waals surface area (Å²) in [6.45, 7) is 4.26. The summed E-state index contributed by atoms with van der Waals surface area (Å²) in [7, 11) is 0. The number of hydrogen-bond donors (Lipinski definition) is 1. The Labute approximate surface area is 112 Å². The Morgan fingerprint density at radius 2 is 1.79 bits per heavy atom. The largest absolute Gasteiger partial charge is 0.507 e. The van der Waals surface area contributed by atoms with Gasteiger partial charge in [0.2, 0.25) is 0 Å². The second-order valence-corrected chi connectivity index (χ2v) is 4.71. The van der Waals surface area contributed by atoms with E-state index in [4.69, 9.17) is 0 Å². The van der Waals surface area contributed by atoms with Gasteiger partial charge >= 0.3 is 0 Å². The SMILES string of the molecule is CC(C)c1ccc(N=Cc2cc(F)ccc2O)cc1. The van der Waals surface area contributed by atoms with E-state index in [-0.39, 0.29) is 5.75 Å². The molecule has 0 unspecified atom stereocenters. The fourth-order valence-electron chi connectivity index (χ4n) is 1.72. The molecule has 0 aliphatic carbocycles. The van der Waals surface area contributed by atoms with Crippen molar-refractivity contribution in [1.29, 1.82) is 0 Å². The third-order valence-corrected chi connectivity index (χ3v) is 2.90. The monoisotopic (exact) mass is 257 g/mol. The molecule has 0 saturated carbocycles. The van der Waals surface area contributed by atoms with Gasteiger partial charge in [0, 0.05) is 11.8 Å². The minimum atomic E-state index is -0.394. The van der Waals surface area contributed by atoms with Gasteiger partial charge in [0.25, 0.3) is 0 Å². The van der Waals surface area contributed by atoms with Crippen LogP contribution in [0.2, 0.25) is 0 Å². The van der Waals surface area contributed by atoms with E-state index in [9.17, 15) is 9.50 Å². The van der Waals surface area contributed by atoms with Gasteiger partial charge in [-0.25, -0.2) is 4.39 Å². The van der Waals surface area contributed by atoms with Gasteiger partial charge < -0.3 is 5.11 Å². The van der Waals surface area contributed by atoms with E-state index in [0.717, 1.165) is 5.69 Å². The van der Waals surface area contributed by atoms with Gasteiger partial charge in [0.05, 0.1) is 5.69 Å². The van der Waals surface area contributed by atoms with E-state index in [1.807, 2.05) is 24.3 Å². The van der Waals surface area contributed by atoms with Crippen LogP contribution in [0.5, 0.6) is 5.75 Å². The lowest BCUT2D eigenvalue weighted by atomic mass is 10.0. The summed E-state index contributed by atoms with van der Waals surface area (Å²) >= 11 is 0. The number of nitrogens with zero attached hydrogens (tertiary/aromatic N) is 1. The molecule has 2 nitrogen and oxygen atoms in total. The molecule has 0 bridgehead atoms. The number of rotatable bonds is 3. The van der Waals surface area contributed by atoms with E-state index in [0.29, 0.717) is 11.5 Å². The molecule has 0 heterocycles. The Morgan fingerprint density at radius 3 is 2.42 bits per heavy atom. The number of phenols is 1. The van der Waals surface area contributed by atoms with Crippen LogP contribution in [-0.4, -0.2) is 11.3 Å². The molecule has 1 N–H and O–H groups in total. The molecule has 2 rings (SSSR count). The first-order valence-electron chi connectivity index (χ1n) is 6.19. The van der Waals surface area contributed by atoms with Crippen molar-refractivity contribution in [3.05, 3.63) is 59.4 Å². The lowest BCUT2D eigenvalue weighted by Crippen LogP contribution is -1.86. The van der Waals surface area contributed by atoms with E-state index in [2.05, 4.69) is 18.8 Å². The number of aromatic hydroxyl groups is 1. The first kappa shape index (κ1) is 13.3. The van der Waals surface area contributed by atoms with Crippen LogP contribution < -0.4 is 0 Å². The third-order valence-electron chi connectivity index (χ3n) is 2.90. The van der Waals surface area contributed by atoms with Crippen molar-refractivity contribution < 1.29 is 9.50 Å². The highest BCUT2D eigenvalue weighted by atomic mass is 19.1. The molecule has 0 aliphatic rings. The zero-order valence-electron chi connectivity index (χ0n) is 11.0. The highest BCUT2D eigenvalue weighted by molar-refractivity contribution is 5.85. The van der Waals surface area contributed by atoms with Gasteiger partial charge in [-0.3, -0.25) is 4.99 Å². The second kappa shape index (κ2) is 5.65. The molecule has 3 heteroatoms. The first-order valence-corrected chi connectivity index (χ1v) is 6.19. The average Bonchev–Trinajstić information content (AvgIpc) is 2.40. The Hall–Kier alpha value is -2.16. The van der Waals surface area contributed by atoms with Gasteiger partial charge in [0.1, 0.15) is 11.6 Å². The maximum absolute atomic E-state index is 13.0. The van der Waals surface area contributed by atoms with Crippen molar-refractivity contribution in [1.82, 2.24) is 0 Å². The highest BCUT2D eigenvalue weighted by Crippen LogP contribution is 2.20. The molecule has 98 valence electrons. The number of benzene rings is 2. The molecule has 19 heavy (non-hydrogen) atoms. The first-order chi connectivity index (χ1) is 9.06. The highest BCUT2D eigenvalue weighted by Gasteiger charge is 2.00. The Bertz CT molecular complexity index is 588. The number of hydrogen-bond acceptors (Lipinski definition) is 2. The Morgan fingerprint density at radius 1 is 1.11 bits per heavy atom. The van der Waals surface area contributed by atoms with Crippen LogP contribution in [0.15, 0.2) is 47.5 Å². The van der Waals surface area contributed by atoms with E-state index in [1.165, 1.54) is 30.0 Å². The van der Waals surface area contributed by atoms with Crippen LogP contribution in [0.4, 0.5) is 10.1 Å². The molecule has 0 spiro atoms. The van der Waals surface area contributed by atoms with E-state index in [1.54, 1.807) is 0 Å². The van der Waals surface area contributed by atoms with Gasteiger partial charge in [-0.1, -0.05) is 26.0 Å². The molecule has 2 aromatic carbocycles. The quantitative estimate of drug-likeness (QED) is 0.812. The van der Waals surface area contributed by atoms with Crippen LogP contribution in [0.1, 0.15) is 30.9 Å². The molecule has 2 aromatic rings. The smallest absolute Gasteiger partial charge is 0.124 e. The maximum atomic E-state index is 13.0. The summed E-state index contributed by atoms with van der Waals surface area (Å²) in [5, 5.41) is 9.57. The zero-order valence-corrected chi connectivity index (χ0v) is 11.0. The summed E-state index contributed by atoms with van der Waals surface area (Å²) < 4.78 is 13.0. The molecular weight excluding hydrogens is 241 g/mol. The van der Waals surface area contributed by atoms with E-state index < -0.39 is 5.82 Å². The minimum Gasteiger partial charge on any atom is -0.507 e. The molecule has 0 aromatic heterocycles. The molecule has 0 amide bonds. The molecule has 0 aliphatic heterocycles. The molecule has 0 radical (unpaired) electrons. The molecule has 0 atom stereocenters. The minimum absolute atomic E-state index is 0.0175. The van der Waals surface area contributed by atoms with Crippen molar-refractivity contribution in [2.24, 2.45) is 4.99 Å². The van der Waals surface area contributed by atoms with Crippen molar-refractivity contribution in [3.8, 4) is 5.75 Å². The maximum Gasteiger partial charge on any atom is 0.124 e. The third kappa shape index (κ3) is 3.41. The topological polar surface area (TPSA) is 32.6 Å². The van der Waals surface area contributed by atoms with Crippen LogP contribution >= 0.6 is 0 Å². The average molecular weight is 257 g/mol. The van der Waals surface area contributed by atoms with Gasteiger partial charge in [-0.2, -0.15) is 0 Å². The van der Waals surface area contributed by atoms with Crippen molar-refractivity contribution >= 4 is 11.9 Å². The number of aliphatic imine (C=N–C) groups is 1. The second-order valence-electron chi connectivity index (χ2n) is 4.71. The lowest BCUT2D eigenvalue weighted by molar-refractivity contribution is 0.472. The molecule has 0 fully saturated rings. The fraction of sp³-hybridized carbons (Fsp3) is 0.188. The Kier molecular flexibility index (Phi) is 3.95. The predicted molar refractivity (Wildman–Crippen MR) is 75.8 cm³/mol. The molecule has 0 saturated heterocycles. The number of phenolic OH excluding ortho intramolecular Hbond substituents is 1. The predicted octanol–water partition coefficient (Wildman–Crippen LogP) is 4.41. The van der Waals surface area contributed by atoms with Gasteiger partial charge in [0.15, 0.2) is 0 Å². The zero-order chi connectivity index (χ0) is 13.8. The summed E-state index contributed by atoms with van der Waals surface area (Å²) in [4.78, 5) is 4.23. The lowest BCUT2D eigenvalue weighted by Gasteiger charge is -2.04. The van der Waals surface area contributed by atoms with Crippen molar-refractivity contribution in [2.75, 3.05) is 0 Å². The number of halogens is 1. The standard InChI is InChI=1S/C16H16FNO/c1-11(2)12-3-6-15(7-4-12)18-10-13-9-14(17)5-8-16(13)19/h3-11,19H,1-2H3. The summed E-state index contributed by atoms with van der Waals surface area (Å²) in [5.41, 5.74) is 2.38. The Balaban J connectivity index is 2.20. The van der Waals surface area contributed by atoms with Crippen LogP contribution in [0.25, 0.3) is 0 Å². The fourth-order valence-corrected chi connectivity index (χ4v) is 1.72. The summed E-state index contributed by atoms with van der Waals surface area (Å²) in [5.74, 6) is 0.101. The van der Waals surface area contributed by atoms with E-state index >= 15 is 0 Å². The van der Waals surface area contributed by atoms with Crippen LogP contribution in [-0.2, 0) is 0 Å². The molecular formula is C16H16FNO. The van der Waals surface area contributed by atoms with Crippen molar-refractivity contribution in [3.63, 3.8) is 0 Å². The van der Waals surface area contributed by atoms with Gasteiger partial charge in [-0.15, -0.1) is 0 Å². The summed E-state index contributed by atoms with van der Waals surface area (Å²) in [6.07, 6.45) is 1.46. The normalized spacial score (nSPS) is 11.4. The van der Waals surface area contributed by atoms with Gasteiger partial charge in [-0.05, 0) is 41.8 Å².